The molecule has 28 heavy (non-hydrogen) atoms. The number of anilines is 1. The highest BCUT2D eigenvalue weighted by Gasteiger charge is 2.44. The van der Waals surface area contributed by atoms with Crippen LogP contribution in [0.5, 0.6) is 0 Å². The summed E-state index contributed by atoms with van der Waals surface area (Å²) >= 11 is 0. The second-order valence-corrected chi connectivity index (χ2v) is 7.18. The number of imidazole rings is 1. The van der Waals surface area contributed by atoms with Crippen LogP contribution >= 0.6 is 0 Å². The van der Waals surface area contributed by atoms with E-state index >= 15 is 0 Å². The zero-order valence-corrected chi connectivity index (χ0v) is 18.5. The number of quaternary nitrogens is 1. The number of aliphatic hydroxyl groups excluding tert-OH is 3. The molecule has 3 rings (SSSR count). The van der Waals surface area contributed by atoms with Gasteiger partial charge in [0.05, 0.1) is 46.2 Å². The van der Waals surface area contributed by atoms with E-state index < -0.39 is 24.5 Å². The van der Waals surface area contributed by atoms with Gasteiger partial charge in [0.2, 0.25) is 0 Å². The van der Waals surface area contributed by atoms with Gasteiger partial charge in [-0.2, -0.15) is 0 Å². The van der Waals surface area contributed by atoms with E-state index in [0.717, 1.165) is 30.7 Å². The fourth-order valence-electron chi connectivity index (χ4n) is 3.26. The highest BCUT2D eigenvalue weighted by atomic mass is 127. The van der Waals surface area contributed by atoms with Crippen LogP contribution in [0.3, 0.4) is 0 Å². The number of ether oxygens (including phenoxy) is 1. The van der Waals surface area contributed by atoms with Gasteiger partial charge in [-0.15, -0.1) is 0 Å². The molecule has 4 N–H and O–H groups in total. The highest BCUT2D eigenvalue weighted by molar-refractivity contribution is 5.82. The minimum atomic E-state index is -1.18. The second-order valence-electron chi connectivity index (χ2n) is 7.18. The van der Waals surface area contributed by atoms with Crippen LogP contribution in [0.25, 0.3) is 11.2 Å². The second kappa shape index (κ2) is 9.59. The number of hydrogen-bond acceptors (Lipinski definition) is 8. The molecule has 1 aliphatic heterocycles. The Morgan fingerprint density at radius 2 is 1.89 bits per heavy atom. The molecule has 2 aromatic heterocycles. The Kier molecular flexibility index (Phi) is 7.93. The van der Waals surface area contributed by atoms with Crippen molar-refractivity contribution in [1.82, 2.24) is 19.5 Å². The molecule has 3 heterocycles. The predicted octanol–water partition coefficient (Wildman–Crippen LogP) is -3.66. The van der Waals surface area contributed by atoms with Gasteiger partial charge in [0, 0.05) is 0 Å². The molecule has 11 heteroatoms. The third-order valence-electron chi connectivity index (χ3n) is 5.62. The van der Waals surface area contributed by atoms with E-state index in [4.69, 9.17) is 4.74 Å². The SMILES string of the molecule is CC[N+](C)(CC)CCNc1ncnc2c1ncn2[C@@H]1O[C@H](CO)[C@@H](O)[C@H]1O.[I-]. The van der Waals surface area contributed by atoms with Crippen molar-refractivity contribution in [1.29, 1.82) is 0 Å². The van der Waals surface area contributed by atoms with Crippen molar-refractivity contribution in [3.05, 3.63) is 12.7 Å². The fourth-order valence-corrected chi connectivity index (χ4v) is 3.26. The molecule has 0 aromatic carbocycles. The molecule has 0 radical (unpaired) electrons. The van der Waals surface area contributed by atoms with Crippen LogP contribution in [0.2, 0.25) is 0 Å². The lowest BCUT2D eigenvalue weighted by atomic mass is 10.1. The summed E-state index contributed by atoms with van der Waals surface area (Å²) in [5, 5.41) is 32.8. The van der Waals surface area contributed by atoms with E-state index in [0.29, 0.717) is 17.0 Å². The summed E-state index contributed by atoms with van der Waals surface area (Å²) in [7, 11) is 2.22. The normalized spacial score (nSPS) is 25.1. The van der Waals surface area contributed by atoms with Crippen molar-refractivity contribution in [2.24, 2.45) is 0 Å². The zero-order chi connectivity index (χ0) is 19.6. The lowest BCUT2D eigenvalue weighted by molar-refractivity contribution is -0.904. The Hall–Kier alpha value is -1.12. The number of aromatic nitrogens is 4. The van der Waals surface area contributed by atoms with Crippen molar-refractivity contribution in [3.63, 3.8) is 0 Å². The van der Waals surface area contributed by atoms with Gasteiger partial charge < -0.3 is 53.8 Å². The Bertz CT molecular complexity index is 771. The predicted molar refractivity (Wildman–Crippen MR) is 99.0 cm³/mol. The summed E-state index contributed by atoms with van der Waals surface area (Å²) in [5.74, 6) is 0.615. The van der Waals surface area contributed by atoms with Crippen LogP contribution in [0, 0.1) is 0 Å². The first-order chi connectivity index (χ1) is 12.9. The average molecular weight is 508 g/mol. The van der Waals surface area contributed by atoms with Gasteiger partial charge in [-0.05, 0) is 13.8 Å². The number of hydrogen-bond donors (Lipinski definition) is 4. The van der Waals surface area contributed by atoms with E-state index in [-0.39, 0.29) is 30.6 Å². The summed E-state index contributed by atoms with van der Waals surface area (Å²) in [5.41, 5.74) is 1.06. The lowest BCUT2D eigenvalue weighted by Gasteiger charge is -2.32. The van der Waals surface area contributed by atoms with Crippen LogP contribution in [0.4, 0.5) is 5.82 Å². The monoisotopic (exact) mass is 508 g/mol. The van der Waals surface area contributed by atoms with Crippen molar-refractivity contribution < 1.29 is 48.5 Å². The van der Waals surface area contributed by atoms with E-state index in [1.165, 1.54) is 12.7 Å². The number of halogens is 1. The molecule has 0 unspecified atom stereocenters. The van der Waals surface area contributed by atoms with Gasteiger partial charge >= 0.3 is 0 Å². The molecule has 4 atom stereocenters. The minimum absolute atomic E-state index is 0. The molecular weight excluding hydrogens is 479 g/mol. The number of aliphatic hydroxyl groups is 3. The fraction of sp³-hybridized carbons (Fsp3) is 0.706. The van der Waals surface area contributed by atoms with Crippen molar-refractivity contribution in [2.45, 2.75) is 38.4 Å². The average Bonchev–Trinajstić information content (AvgIpc) is 3.23. The Morgan fingerprint density at radius 3 is 2.50 bits per heavy atom. The maximum atomic E-state index is 10.2. The lowest BCUT2D eigenvalue weighted by Crippen LogP contribution is -3.00. The molecule has 1 fully saturated rings. The van der Waals surface area contributed by atoms with E-state index in [9.17, 15) is 15.3 Å². The maximum absolute atomic E-state index is 10.2. The van der Waals surface area contributed by atoms with Crippen molar-refractivity contribution in [2.75, 3.05) is 45.2 Å². The van der Waals surface area contributed by atoms with Crippen LogP contribution in [-0.2, 0) is 4.74 Å². The van der Waals surface area contributed by atoms with Crippen LogP contribution in [-0.4, -0.2) is 97.5 Å². The number of likely N-dealkylation sites (N-methyl/N-ethyl adjacent to an activating group) is 1. The third-order valence-corrected chi connectivity index (χ3v) is 5.62. The van der Waals surface area contributed by atoms with Crippen LogP contribution in [0.15, 0.2) is 12.7 Å². The first-order valence-corrected chi connectivity index (χ1v) is 9.31. The molecule has 2 aromatic rings. The summed E-state index contributed by atoms with van der Waals surface area (Å²) in [6.45, 7) is 7.77. The smallest absolute Gasteiger partial charge is 0.167 e. The Morgan fingerprint density at radius 1 is 1.18 bits per heavy atom. The summed E-state index contributed by atoms with van der Waals surface area (Å²) in [4.78, 5) is 12.9. The molecule has 1 saturated heterocycles. The zero-order valence-electron chi connectivity index (χ0n) is 16.4. The van der Waals surface area contributed by atoms with Crippen LogP contribution < -0.4 is 29.3 Å². The largest absolute Gasteiger partial charge is 1.00 e. The molecule has 1 aliphatic rings. The Balaban J connectivity index is 0.00000280. The molecule has 0 saturated carbocycles. The van der Waals surface area contributed by atoms with E-state index in [1.807, 2.05) is 0 Å². The number of nitrogens with one attached hydrogen (secondary N) is 1. The van der Waals surface area contributed by atoms with Gasteiger partial charge in [-0.25, -0.2) is 15.0 Å². The number of nitrogens with zero attached hydrogens (tertiary/aromatic N) is 5. The highest BCUT2D eigenvalue weighted by Crippen LogP contribution is 2.32. The molecule has 0 amide bonds. The minimum Gasteiger partial charge on any atom is -1.00 e. The van der Waals surface area contributed by atoms with Gasteiger partial charge in [0.25, 0.3) is 0 Å². The molecule has 0 spiro atoms. The van der Waals surface area contributed by atoms with Crippen LogP contribution in [0.1, 0.15) is 20.1 Å². The number of fused-ring (bicyclic) bond motifs is 1. The standard InChI is InChI=1S/C17H29N6O4.HI/c1-4-23(3,5-2)7-6-18-15-12-16(20-9-19-15)22(10-21-12)17-14(26)13(25)11(8-24)27-17;/h9-11,13-14,17,24-26H,4-8H2,1-3H3,(H,18,19,20);1H/q+1;/p-1/t11-,13-,14-,17-;/m1./s1. The number of rotatable bonds is 8. The summed E-state index contributed by atoms with van der Waals surface area (Å²) in [6, 6.07) is 0. The Labute approximate surface area is 181 Å². The molecule has 0 aliphatic carbocycles. The molecule has 10 nitrogen and oxygen atoms in total. The summed E-state index contributed by atoms with van der Waals surface area (Å²) < 4.78 is 8.09. The van der Waals surface area contributed by atoms with E-state index in [2.05, 4.69) is 41.2 Å². The topological polar surface area (TPSA) is 126 Å². The van der Waals surface area contributed by atoms with Gasteiger partial charge in [0.1, 0.15) is 24.6 Å². The summed E-state index contributed by atoms with van der Waals surface area (Å²) in [6.07, 6.45) is -1.14. The van der Waals surface area contributed by atoms with E-state index in [1.54, 1.807) is 4.57 Å². The van der Waals surface area contributed by atoms with Gasteiger partial charge in [0.15, 0.2) is 23.2 Å². The van der Waals surface area contributed by atoms with Gasteiger partial charge in [-0.3, -0.25) is 4.57 Å². The van der Waals surface area contributed by atoms with Crippen molar-refractivity contribution >= 4 is 17.0 Å². The maximum Gasteiger partial charge on any atom is 0.167 e. The molecule has 158 valence electrons. The van der Waals surface area contributed by atoms with Crippen molar-refractivity contribution in [3.8, 4) is 0 Å². The van der Waals surface area contributed by atoms with Gasteiger partial charge in [-0.1, -0.05) is 0 Å². The molecule has 0 bridgehead atoms. The molecular formula is C17H29IN6O4. The first kappa shape index (κ1) is 23.2. The third kappa shape index (κ3) is 4.39. The quantitative estimate of drug-likeness (QED) is 0.213. The first-order valence-electron chi connectivity index (χ1n) is 9.31.